The van der Waals surface area contributed by atoms with Crippen molar-refractivity contribution in [3.8, 4) is 11.5 Å². The lowest BCUT2D eigenvalue weighted by molar-refractivity contribution is -0.116. The molecule has 0 aromatic heterocycles. The molecule has 2 heterocycles. The summed E-state index contributed by atoms with van der Waals surface area (Å²) in [7, 11) is 0. The van der Waals surface area contributed by atoms with Crippen LogP contribution in [0.15, 0.2) is 52.3 Å². The smallest absolute Gasteiger partial charge is 0.225 e. The summed E-state index contributed by atoms with van der Waals surface area (Å²) in [6.07, 6.45) is 2.68. The lowest BCUT2D eigenvalue weighted by Crippen LogP contribution is -2.27. The van der Waals surface area contributed by atoms with E-state index in [1.165, 1.54) is 0 Å². The van der Waals surface area contributed by atoms with Crippen LogP contribution < -0.4 is 20.1 Å². The Hall–Kier alpha value is -1.89. The van der Waals surface area contributed by atoms with Crippen LogP contribution in [0.4, 0.5) is 5.69 Å². The van der Waals surface area contributed by atoms with E-state index in [9.17, 15) is 4.79 Å². The summed E-state index contributed by atoms with van der Waals surface area (Å²) >= 11 is 1.61. The highest BCUT2D eigenvalue weighted by Gasteiger charge is 2.21. The zero-order valence-corrected chi connectivity index (χ0v) is 16.5. The first-order chi connectivity index (χ1) is 12.8. The van der Waals surface area contributed by atoms with Gasteiger partial charge in [0.15, 0.2) is 11.5 Å². The Morgan fingerprint density at radius 2 is 1.89 bits per heavy atom. The third-order valence-electron chi connectivity index (χ3n) is 4.48. The number of nitrogens with one attached hydrogen (secondary N) is 2. The second kappa shape index (κ2) is 9.35. The van der Waals surface area contributed by atoms with Gasteiger partial charge in [-0.15, -0.1) is 12.4 Å². The molecule has 0 radical (unpaired) electrons. The summed E-state index contributed by atoms with van der Waals surface area (Å²) in [5.41, 5.74) is 0.770. The Kier molecular flexibility index (Phi) is 6.88. The Labute approximate surface area is 169 Å². The van der Waals surface area contributed by atoms with Crippen LogP contribution in [0.3, 0.4) is 0 Å². The normalized spacial score (nSPS) is 17.9. The van der Waals surface area contributed by atoms with E-state index in [0.29, 0.717) is 25.4 Å². The number of benzene rings is 2. The molecule has 1 amide bonds. The number of rotatable bonds is 5. The number of ether oxygens (including phenoxy) is 2. The minimum Gasteiger partial charge on any atom is -0.486 e. The van der Waals surface area contributed by atoms with Gasteiger partial charge in [0.1, 0.15) is 13.2 Å². The van der Waals surface area contributed by atoms with Gasteiger partial charge >= 0.3 is 0 Å². The predicted molar refractivity (Wildman–Crippen MR) is 110 cm³/mol. The topological polar surface area (TPSA) is 59.6 Å². The monoisotopic (exact) mass is 406 g/mol. The second-order valence-corrected chi connectivity index (χ2v) is 7.57. The lowest BCUT2D eigenvalue weighted by Gasteiger charge is -2.21. The van der Waals surface area contributed by atoms with Crippen molar-refractivity contribution in [3.05, 3.63) is 42.5 Å². The van der Waals surface area contributed by atoms with Crippen molar-refractivity contribution in [2.24, 2.45) is 0 Å². The molecule has 7 heteroatoms. The standard InChI is InChI=1S/C20H22N2O3S.ClH/c23-20(11-14-5-4-8-21-14)22-16-12-17-18(25-10-9-24-17)13-19(16)26-15-6-2-1-3-7-15;/h1-3,6-7,12-14,21H,4-5,8-11H2,(H,22,23);1H. The lowest BCUT2D eigenvalue weighted by atomic mass is 10.1. The molecular weight excluding hydrogens is 384 g/mol. The fraction of sp³-hybridized carbons (Fsp3) is 0.350. The molecule has 1 fully saturated rings. The number of hydrogen-bond donors (Lipinski definition) is 2. The molecule has 4 rings (SSSR count). The van der Waals surface area contributed by atoms with Gasteiger partial charge in [0.05, 0.1) is 5.69 Å². The number of carbonyl (C=O) groups excluding carboxylic acids is 1. The summed E-state index contributed by atoms with van der Waals surface area (Å²) in [6, 6.07) is 14.2. The summed E-state index contributed by atoms with van der Waals surface area (Å²) in [4.78, 5) is 14.6. The average Bonchev–Trinajstić information content (AvgIpc) is 3.16. The highest BCUT2D eigenvalue weighted by Crippen LogP contribution is 2.42. The molecule has 5 nitrogen and oxygen atoms in total. The summed E-state index contributed by atoms with van der Waals surface area (Å²) in [5, 5.41) is 6.44. The Bertz CT molecular complexity index is 782. The van der Waals surface area contributed by atoms with E-state index in [2.05, 4.69) is 22.8 Å². The van der Waals surface area contributed by atoms with Crippen LogP contribution in [0.5, 0.6) is 11.5 Å². The molecule has 2 N–H and O–H groups in total. The van der Waals surface area contributed by atoms with Crippen LogP contribution in [-0.4, -0.2) is 31.7 Å². The molecule has 1 saturated heterocycles. The SMILES string of the molecule is Cl.O=C(CC1CCCN1)Nc1cc2c(cc1Sc1ccccc1)OCCO2. The van der Waals surface area contributed by atoms with Gasteiger partial charge in [0.25, 0.3) is 0 Å². The van der Waals surface area contributed by atoms with Gasteiger partial charge in [-0.2, -0.15) is 0 Å². The van der Waals surface area contributed by atoms with Gasteiger partial charge in [-0.05, 0) is 31.5 Å². The first-order valence-electron chi connectivity index (χ1n) is 8.98. The average molecular weight is 407 g/mol. The second-order valence-electron chi connectivity index (χ2n) is 6.45. The van der Waals surface area contributed by atoms with Crippen molar-refractivity contribution < 1.29 is 14.3 Å². The molecule has 2 aliphatic heterocycles. The molecule has 1 unspecified atom stereocenters. The van der Waals surface area contributed by atoms with Crippen LogP contribution in [0.1, 0.15) is 19.3 Å². The highest BCUT2D eigenvalue weighted by molar-refractivity contribution is 7.99. The molecular formula is C20H23ClN2O3S. The number of fused-ring (bicyclic) bond motifs is 1. The maximum Gasteiger partial charge on any atom is 0.225 e. The van der Waals surface area contributed by atoms with Gasteiger partial charge in [-0.3, -0.25) is 4.79 Å². The molecule has 27 heavy (non-hydrogen) atoms. The first-order valence-corrected chi connectivity index (χ1v) is 9.79. The molecule has 144 valence electrons. The maximum atomic E-state index is 12.5. The summed E-state index contributed by atoms with van der Waals surface area (Å²) < 4.78 is 11.4. The van der Waals surface area contributed by atoms with Gasteiger partial charge in [-0.25, -0.2) is 0 Å². The van der Waals surface area contributed by atoms with Crippen molar-refractivity contribution >= 4 is 35.8 Å². The van der Waals surface area contributed by atoms with E-state index in [-0.39, 0.29) is 24.4 Å². The van der Waals surface area contributed by atoms with Crippen LogP contribution >= 0.6 is 24.2 Å². The van der Waals surface area contributed by atoms with Crippen molar-refractivity contribution in [1.82, 2.24) is 5.32 Å². The van der Waals surface area contributed by atoms with E-state index < -0.39 is 0 Å². The largest absolute Gasteiger partial charge is 0.486 e. The molecule has 2 aromatic rings. The number of halogens is 1. The number of hydrogen-bond acceptors (Lipinski definition) is 5. The molecule has 2 aliphatic rings. The zero-order valence-electron chi connectivity index (χ0n) is 14.9. The van der Waals surface area contributed by atoms with Crippen LogP contribution in [0.25, 0.3) is 0 Å². The van der Waals surface area contributed by atoms with Crippen molar-refractivity contribution in [2.45, 2.75) is 35.1 Å². The minimum atomic E-state index is 0. The number of carbonyl (C=O) groups is 1. The third kappa shape index (κ3) is 5.09. The van der Waals surface area contributed by atoms with Crippen LogP contribution in [0.2, 0.25) is 0 Å². The number of anilines is 1. The van der Waals surface area contributed by atoms with E-state index in [1.807, 2.05) is 30.3 Å². The van der Waals surface area contributed by atoms with Gasteiger partial charge in [0.2, 0.25) is 5.91 Å². The Morgan fingerprint density at radius 3 is 2.59 bits per heavy atom. The first kappa shape index (κ1) is 19.9. The molecule has 0 saturated carbocycles. The summed E-state index contributed by atoms with van der Waals surface area (Å²) in [6.45, 7) is 2.07. The molecule has 0 bridgehead atoms. The number of amides is 1. The van der Waals surface area contributed by atoms with E-state index >= 15 is 0 Å². The predicted octanol–water partition coefficient (Wildman–Crippen LogP) is 4.11. The van der Waals surface area contributed by atoms with Crippen molar-refractivity contribution in [1.29, 1.82) is 0 Å². The van der Waals surface area contributed by atoms with Crippen LogP contribution in [-0.2, 0) is 4.79 Å². The fourth-order valence-corrected chi connectivity index (χ4v) is 4.16. The molecule has 0 spiro atoms. The fourth-order valence-electron chi connectivity index (χ4n) is 3.22. The van der Waals surface area contributed by atoms with E-state index in [0.717, 1.165) is 40.6 Å². The Morgan fingerprint density at radius 1 is 1.15 bits per heavy atom. The quantitative estimate of drug-likeness (QED) is 0.782. The highest BCUT2D eigenvalue weighted by atomic mass is 35.5. The van der Waals surface area contributed by atoms with E-state index in [4.69, 9.17) is 9.47 Å². The van der Waals surface area contributed by atoms with Gasteiger partial charge in [-0.1, -0.05) is 30.0 Å². The summed E-state index contributed by atoms with van der Waals surface area (Å²) in [5.74, 6) is 1.43. The Balaban J connectivity index is 0.00000210. The van der Waals surface area contributed by atoms with E-state index in [1.54, 1.807) is 11.8 Å². The van der Waals surface area contributed by atoms with Gasteiger partial charge < -0.3 is 20.1 Å². The third-order valence-corrected chi connectivity index (χ3v) is 5.55. The molecule has 0 aliphatic carbocycles. The van der Waals surface area contributed by atoms with Crippen molar-refractivity contribution in [3.63, 3.8) is 0 Å². The zero-order chi connectivity index (χ0) is 17.8. The minimum absolute atomic E-state index is 0. The van der Waals surface area contributed by atoms with Crippen molar-refractivity contribution in [2.75, 3.05) is 25.1 Å². The molecule has 1 atom stereocenters. The van der Waals surface area contributed by atoms with Crippen LogP contribution in [0, 0.1) is 0 Å². The van der Waals surface area contributed by atoms with Gasteiger partial charge in [0, 0.05) is 34.4 Å². The molecule has 2 aromatic carbocycles. The maximum absolute atomic E-state index is 12.5.